The van der Waals surface area contributed by atoms with Crippen LogP contribution in [0.15, 0.2) is 0 Å². The molecule has 0 rings (SSSR count). The van der Waals surface area contributed by atoms with Crippen LogP contribution in [0.5, 0.6) is 0 Å². The van der Waals surface area contributed by atoms with E-state index in [1.54, 1.807) is 6.92 Å². The zero-order valence-corrected chi connectivity index (χ0v) is 15.6. The zero-order valence-electron chi connectivity index (χ0n) is 15.6. The van der Waals surface area contributed by atoms with Gasteiger partial charge in [0.25, 0.3) is 0 Å². The summed E-state index contributed by atoms with van der Waals surface area (Å²) in [6.07, 6.45) is 0.793. The van der Waals surface area contributed by atoms with Crippen molar-refractivity contribution in [3.05, 3.63) is 0 Å². The third-order valence-electron chi connectivity index (χ3n) is 3.82. The lowest BCUT2D eigenvalue weighted by Gasteiger charge is -2.22. The molecular weight excluding hydrogens is 310 g/mol. The Morgan fingerprint density at radius 3 is 1.92 bits per heavy atom. The third-order valence-corrected chi connectivity index (χ3v) is 3.82. The Morgan fingerprint density at radius 1 is 0.917 bits per heavy atom. The molecule has 0 aliphatic heterocycles. The molecule has 0 spiro atoms. The first-order valence-corrected chi connectivity index (χ1v) is 8.62. The lowest BCUT2D eigenvalue weighted by atomic mass is 10.0. The second-order valence-electron chi connectivity index (χ2n) is 7.35. The maximum atomic E-state index is 12.1. The predicted octanol–water partition coefficient (Wildman–Crippen LogP) is -0.791. The topological polar surface area (TPSA) is 126 Å². The summed E-state index contributed by atoms with van der Waals surface area (Å²) in [4.78, 5) is 34.7. The number of carboxylic acids is 1. The maximum absolute atomic E-state index is 12.1. The summed E-state index contributed by atoms with van der Waals surface area (Å²) in [6.45, 7) is 9.69. The molecular formula is C17H33N3O4. The van der Waals surface area contributed by atoms with Gasteiger partial charge in [-0.3, -0.25) is 9.59 Å². The summed E-state index contributed by atoms with van der Waals surface area (Å²) in [6, 6.07) is -0.736. The number of hydrogen-bond acceptors (Lipinski definition) is 4. The van der Waals surface area contributed by atoms with E-state index in [0.29, 0.717) is 18.8 Å². The molecule has 0 saturated carbocycles. The fraction of sp³-hybridized carbons (Fsp3) is 0.824. The molecule has 7 nitrogen and oxygen atoms in total. The Bertz CT molecular complexity index is 424. The smallest absolute Gasteiger partial charge is 0.226 e. The molecule has 0 aromatic rings. The lowest BCUT2D eigenvalue weighted by molar-refractivity contribution is -0.429. The first-order chi connectivity index (χ1) is 11.0. The van der Waals surface area contributed by atoms with E-state index < -0.39 is 12.0 Å². The van der Waals surface area contributed by atoms with Crippen LogP contribution in [0.4, 0.5) is 0 Å². The van der Waals surface area contributed by atoms with E-state index in [2.05, 4.69) is 16.4 Å². The summed E-state index contributed by atoms with van der Waals surface area (Å²) >= 11 is 0. The standard InChI is InChI=1S/C17H33N3O4/c1-10(2)6-13(8-17(23)24)20-15(21)7-12(5)19-16(22)9-14(18)11(3)4/h10-14H,6-9,18H2,1-5H3,(H,19,22)(H,20,21)(H,23,24)/t12-,13-,14+/m0/s1. The van der Waals surface area contributed by atoms with Crippen LogP contribution < -0.4 is 21.5 Å². The first kappa shape index (κ1) is 22.4. The summed E-state index contributed by atoms with van der Waals surface area (Å²) in [7, 11) is 0. The fourth-order valence-corrected chi connectivity index (χ4v) is 2.39. The van der Waals surface area contributed by atoms with Crippen LogP contribution in [0.2, 0.25) is 0 Å². The van der Waals surface area contributed by atoms with Crippen molar-refractivity contribution in [3.63, 3.8) is 0 Å². The summed E-state index contributed by atoms with van der Waals surface area (Å²) in [5.74, 6) is -1.01. The molecule has 5 N–H and O–H groups in total. The van der Waals surface area contributed by atoms with Gasteiger partial charge in [-0.25, -0.2) is 0 Å². The van der Waals surface area contributed by atoms with E-state index in [9.17, 15) is 19.5 Å². The Balaban J connectivity index is 4.36. The van der Waals surface area contributed by atoms with Crippen molar-refractivity contribution in [2.75, 3.05) is 0 Å². The van der Waals surface area contributed by atoms with Crippen molar-refractivity contribution in [1.29, 1.82) is 0 Å². The lowest BCUT2D eigenvalue weighted by Crippen LogP contribution is -2.64. The number of aliphatic carboxylic acids is 1. The highest BCUT2D eigenvalue weighted by atomic mass is 16.4. The van der Waals surface area contributed by atoms with E-state index in [4.69, 9.17) is 0 Å². The number of quaternary nitrogens is 1. The minimum absolute atomic E-state index is 0.0320. The third kappa shape index (κ3) is 11.0. The highest BCUT2D eigenvalue weighted by Gasteiger charge is 2.20. The maximum Gasteiger partial charge on any atom is 0.226 e. The summed E-state index contributed by atoms with van der Waals surface area (Å²) in [5.41, 5.74) is 3.94. The molecule has 0 saturated heterocycles. The molecule has 7 heteroatoms. The van der Waals surface area contributed by atoms with E-state index in [1.807, 2.05) is 27.7 Å². The summed E-state index contributed by atoms with van der Waals surface area (Å²) < 4.78 is 0. The first-order valence-electron chi connectivity index (χ1n) is 8.62. The van der Waals surface area contributed by atoms with Crippen LogP contribution in [0.1, 0.15) is 60.3 Å². The number of carbonyl (C=O) groups is 3. The average molecular weight is 343 g/mol. The normalized spacial score (nSPS) is 15.0. The summed E-state index contributed by atoms with van der Waals surface area (Å²) in [5, 5.41) is 16.3. The molecule has 140 valence electrons. The van der Waals surface area contributed by atoms with Crippen LogP contribution in [-0.2, 0) is 14.4 Å². The molecule has 0 heterocycles. The molecule has 0 unspecified atom stereocenters. The van der Waals surface area contributed by atoms with Crippen molar-refractivity contribution in [3.8, 4) is 0 Å². The zero-order chi connectivity index (χ0) is 18.9. The van der Waals surface area contributed by atoms with Gasteiger partial charge >= 0.3 is 0 Å². The molecule has 2 amide bonds. The molecule has 3 atom stereocenters. The molecule has 0 radical (unpaired) electrons. The van der Waals surface area contributed by atoms with Crippen LogP contribution in [-0.4, -0.2) is 35.9 Å². The van der Waals surface area contributed by atoms with Crippen LogP contribution in [0.3, 0.4) is 0 Å². The Kier molecular flexibility index (Phi) is 10.3. The molecule has 0 aromatic heterocycles. The largest absolute Gasteiger partial charge is 0.550 e. The van der Waals surface area contributed by atoms with Crippen molar-refractivity contribution < 1.29 is 25.2 Å². The van der Waals surface area contributed by atoms with Gasteiger partial charge in [0.05, 0.1) is 12.5 Å². The van der Waals surface area contributed by atoms with Crippen LogP contribution in [0.25, 0.3) is 0 Å². The highest BCUT2D eigenvalue weighted by Crippen LogP contribution is 2.08. The van der Waals surface area contributed by atoms with Crippen molar-refractivity contribution in [2.45, 2.75) is 78.4 Å². The van der Waals surface area contributed by atoms with Crippen molar-refractivity contribution >= 4 is 17.8 Å². The van der Waals surface area contributed by atoms with Gasteiger partial charge in [-0.1, -0.05) is 27.7 Å². The van der Waals surface area contributed by atoms with E-state index >= 15 is 0 Å². The quantitative estimate of drug-likeness (QED) is 0.454. The molecule has 0 aromatic carbocycles. The number of nitrogens with one attached hydrogen (secondary N) is 2. The second-order valence-corrected chi connectivity index (χ2v) is 7.35. The number of amides is 2. The van der Waals surface area contributed by atoms with Gasteiger partial charge in [-0.2, -0.15) is 0 Å². The van der Waals surface area contributed by atoms with Crippen LogP contribution in [0, 0.1) is 11.8 Å². The minimum atomic E-state index is -1.18. The SMILES string of the molecule is CC(C)C[C@@H](CC(=O)[O-])NC(=O)C[C@H](C)NC(=O)C[C@@H]([NH3+])C(C)C. The van der Waals surface area contributed by atoms with Gasteiger partial charge in [0.15, 0.2) is 0 Å². The average Bonchev–Trinajstić information content (AvgIpc) is 2.35. The predicted molar refractivity (Wildman–Crippen MR) is 89.4 cm³/mol. The monoisotopic (exact) mass is 343 g/mol. The molecule has 0 fully saturated rings. The molecule has 0 aliphatic rings. The van der Waals surface area contributed by atoms with Gasteiger partial charge in [0.2, 0.25) is 11.8 Å². The minimum Gasteiger partial charge on any atom is -0.550 e. The Morgan fingerprint density at radius 2 is 1.46 bits per heavy atom. The van der Waals surface area contributed by atoms with Crippen LogP contribution >= 0.6 is 0 Å². The number of hydrogen-bond donors (Lipinski definition) is 3. The fourth-order valence-electron chi connectivity index (χ4n) is 2.39. The van der Waals surface area contributed by atoms with Crippen molar-refractivity contribution in [2.24, 2.45) is 11.8 Å². The van der Waals surface area contributed by atoms with E-state index in [-0.39, 0.29) is 42.7 Å². The van der Waals surface area contributed by atoms with E-state index in [1.165, 1.54) is 0 Å². The van der Waals surface area contributed by atoms with Gasteiger partial charge in [-0.05, 0) is 19.3 Å². The highest BCUT2D eigenvalue weighted by molar-refractivity contribution is 5.80. The van der Waals surface area contributed by atoms with Gasteiger partial charge < -0.3 is 26.3 Å². The van der Waals surface area contributed by atoms with Gasteiger partial charge in [0.1, 0.15) is 0 Å². The molecule has 0 aliphatic carbocycles. The Hall–Kier alpha value is -1.63. The van der Waals surface area contributed by atoms with Crippen molar-refractivity contribution in [1.82, 2.24) is 10.6 Å². The number of rotatable bonds is 11. The van der Waals surface area contributed by atoms with Gasteiger partial charge in [0, 0.05) is 36.8 Å². The number of carboxylic acid groups (broad SMARTS) is 1. The second kappa shape index (κ2) is 11.0. The molecule has 24 heavy (non-hydrogen) atoms. The Labute approximate surface area is 144 Å². The number of carbonyl (C=O) groups excluding carboxylic acids is 3. The molecule has 0 bridgehead atoms. The van der Waals surface area contributed by atoms with E-state index in [0.717, 1.165) is 0 Å². The van der Waals surface area contributed by atoms with Gasteiger partial charge in [-0.15, -0.1) is 0 Å².